The standard InChI is InChI=1S/C27H38O3/c1-9-19(2)26(5,6)29-22-14-10-20(11-15-22)25(3,4)21-12-16-23(17-13-21)30-27(7,8)24-18-28-24/h10-17,19,24H,9,18H2,1-8H3. The fourth-order valence-electron chi connectivity index (χ4n) is 3.76. The van der Waals surface area contributed by atoms with Gasteiger partial charge in [-0.3, -0.25) is 0 Å². The van der Waals surface area contributed by atoms with Crippen molar-refractivity contribution in [3.8, 4) is 11.5 Å². The zero-order chi connectivity index (χ0) is 22.2. The first-order valence-electron chi connectivity index (χ1n) is 11.2. The van der Waals surface area contributed by atoms with Gasteiger partial charge >= 0.3 is 0 Å². The van der Waals surface area contributed by atoms with Crippen LogP contribution in [0.3, 0.4) is 0 Å². The van der Waals surface area contributed by atoms with E-state index in [1.165, 1.54) is 11.1 Å². The third-order valence-electron chi connectivity index (χ3n) is 6.82. The fourth-order valence-corrected chi connectivity index (χ4v) is 3.76. The minimum atomic E-state index is -0.296. The summed E-state index contributed by atoms with van der Waals surface area (Å²) in [6.45, 7) is 18.2. The van der Waals surface area contributed by atoms with Gasteiger partial charge in [0.1, 0.15) is 28.8 Å². The zero-order valence-electron chi connectivity index (χ0n) is 19.9. The lowest BCUT2D eigenvalue weighted by Gasteiger charge is -2.33. The molecule has 2 aromatic carbocycles. The van der Waals surface area contributed by atoms with E-state index < -0.39 is 0 Å². The normalized spacial score (nSPS) is 18.1. The average molecular weight is 411 g/mol. The Bertz CT molecular complexity index is 827. The van der Waals surface area contributed by atoms with Crippen LogP contribution in [0.1, 0.15) is 72.9 Å². The van der Waals surface area contributed by atoms with Crippen molar-refractivity contribution in [3.63, 3.8) is 0 Å². The molecule has 2 unspecified atom stereocenters. The molecule has 3 rings (SSSR count). The zero-order valence-corrected chi connectivity index (χ0v) is 19.9. The largest absolute Gasteiger partial charge is 0.488 e. The molecular formula is C27H38O3. The molecule has 2 aromatic rings. The van der Waals surface area contributed by atoms with Crippen molar-refractivity contribution in [2.45, 2.75) is 84.5 Å². The third-order valence-corrected chi connectivity index (χ3v) is 6.82. The second kappa shape index (κ2) is 8.26. The van der Waals surface area contributed by atoms with Crippen LogP contribution >= 0.6 is 0 Å². The molecule has 0 saturated carbocycles. The molecule has 0 spiro atoms. The smallest absolute Gasteiger partial charge is 0.132 e. The molecule has 0 radical (unpaired) electrons. The van der Waals surface area contributed by atoms with Crippen LogP contribution < -0.4 is 9.47 Å². The van der Waals surface area contributed by atoms with Crippen LogP contribution in [0.15, 0.2) is 48.5 Å². The van der Waals surface area contributed by atoms with E-state index in [2.05, 4.69) is 104 Å². The second-order valence-electron chi connectivity index (χ2n) is 10.2. The van der Waals surface area contributed by atoms with E-state index in [4.69, 9.17) is 14.2 Å². The van der Waals surface area contributed by atoms with Gasteiger partial charge < -0.3 is 14.2 Å². The van der Waals surface area contributed by atoms with E-state index in [1.807, 2.05) is 0 Å². The summed E-state index contributed by atoms with van der Waals surface area (Å²) in [5, 5.41) is 0. The molecule has 0 bridgehead atoms. The van der Waals surface area contributed by atoms with Gasteiger partial charge in [0, 0.05) is 5.41 Å². The first-order valence-corrected chi connectivity index (χ1v) is 11.2. The Hall–Kier alpha value is -2.00. The highest BCUT2D eigenvalue weighted by molar-refractivity contribution is 5.42. The van der Waals surface area contributed by atoms with Crippen LogP contribution in [0.5, 0.6) is 11.5 Å². The molecule has 3 heteroatoms. The summed E-state index contributed by atoms with van der Waals surface area (Å²) in [7, 11) is 0. The van der Waals surface area contributed by atoms with Crippen LogP contribution in [-0.4, -0.2) is 23.9 Å². The molecular weight excluding hydrogens is 372 g/mol. The number of benzene rings is 2. The highest BCUT2D eigenvalue weighted by Gasteiger charge is 2.41. The Morgan fingerprint density at radius 1 is 0.833 bits per heavy atom. The predicted octanol–water partition coefficient (Wildman–Crippen LogP) is 6.77. The van der Waals surface area contributed by atoms with Gasteiger partial charge in [-0.25, -0.2) is 0 Å². The van der Waals surface area contributed by atoms with Crippen molar-refractivity contribution in [3.05, 3.63) is 59.7 Å². The van der Waals surface area contributed by atoms with Crippen molar-refractivity contribution in [1.82, 2.24) is 0 Å². The van der Waals surface area contributed by atoms with Crippen LogP contribution in [0, 0.1) is 5.92 Å². The highest BCUT2D eigenvalue weighted by atomic mass is 16.6. The van der Waals surface area contributed by atoms with Gasteiger partial charge in [0.2, 0.25) is 0 Å². The third kappa shape index (κ3) is 5.00. The Labute approximate surface area is 182 Å². The molecule has 1 fully saturated rings. The molecule has 1 heterocycles. The van der Waals surface area contributed by atoms with Gasteiger partial charge in [0.25, 0.3) is 0 Å². The molecule has 1 saturated heterocycles. The number of epoxide rings is 1. The van der Waals surface area contributed by atoms with Crippen LogP contribution in [0.4, 0.5) is 0 Å². The van der Waals surface area contributed by atoms with E-state index in [0.717, 1.165) is 24.5 Å². The molecule has 0 N–H and O–H groups in total. The minimum Gasteiger partial charge on any atom is -0.488 e. The Kier molecular flexibility index (Phi) is 6.25. The van der Waals surface area contributed by atoms with Crippen LogP contribution in [-0.2, 0) is 10.2 Å². The van der Waals surface area contributed by atoms with E-state index in [0.29, 0.717) is 5.92 Å². The summed E-state index contributed by atoms with van der Waals surface area (Å²) in [6, 6.07) is 17.0. The quantitative estimate of drug-likeness (QED) is 0.427. The van der Waals surface area contributed by atoms with E-state index in [-0.39, 0.29) is 22.7 Å². The molecule has 0 aromatic heterocycles. The van der Waals surface area contributed by atoms with E-state index in [1.54, 1.807) is 0 Å². The van der Waals surface area contributed by atoms with Gasteiger partial charge in [0.05, 0.1) is 6.61 Å². The molecule has 164 valence electrons. The molecule has 30 heavy (non-hydrogen) atoms. The van der Waals surface area contributed by atoms with Crippen molar-refractivity contribution >= 4 is 0 Å². The van der Waals surface area contributed by atoms with Gasteiger partial charge in [-0.2, -0.15) is 0 Å². The number of hydrogen-bond donors (Lipinski definition) is 0. The summed E-state index contributed by atoms with van der Waals surface area (Å²) in [5.74, 6) is 2.30. The molecule has 1 aliphatic rings. The van der Waals surface area contributed by atoms with Gasteiger partial charge in [-0.05, 0) is 75.4 Å². The Morgan fingerprint density at radius 2 is 1.27 bits per heavy atom. The predicted molar refractivity (Wildman–Crippen MR) is 124 cm³/mol. The average Bonchev–Trinajstić information content (AvgIpc) is 3.53. The summed E-state index contributed by atoms with van der Waals surface area (Å²) in [6.07, 6.45) is 1.29. The van der Waals surface area contributed by atoms with Gasteiger partial charge in [-0.15, -0.1) is 0 Å². The van der Waals surface area contributed by atoms with Crippen molar-refractivity contribution in [2.24, 2.45) is 5.92 Å². The number of hydrogen-bond acceptors (Lipinski definition) is 3. The maximum atomic E-state index is 6.29. The van der Waals surface area contributed by atoms with Crippen LogP contribution in [0.2, 0.25) is 0 Å². The second-order valence-corrected chi connectivity index (χ2v) is 10.2. The summed E-state index contributed by atoms with van der Waals surface area (Å²) in [5.41, 5.74) is 1.93. The first kappa shape index (κ1) is 22.7. The SMILES string of the molecule is CCC(C)C(C)(C)Oc1ccc(C(C)(C)c2ccc(OC(C)(C)C3CO3)cc2)cc1. The van der Waals surface area contributed by atoms with E-state index >= 15 is 0 Å². The van der Waals surface area contributed by atoms with Gasteiger partial charge in [-0.1, -0.05) is 52.0 Å². The maximum absolute atomic E-state index is 6.29. The molecule has 2 atom stereocenters. The van der Waals surface area contributed by atoms with Crippen molar-refractivity contribution < 1.29 is 14.2 Å². The lowest BCUT2D eigenvalue weighted by molar-refractivity contribution is 0.0500. The first-order chi connectivity index (χ1) is 14.0. The molecule has 3 nitrogen and oxygen atoms in total. The lowest BCUT2D eigenvalue weighted by Crippen LogP contribution is -2.35. The van der Waals surface area contributed by atoms with E-state index in [9.17, 15) is 0 Å². The maximum Gasteiger partial charge on any atom is 0.132 e. The number of rotatable bonds is 9. The Balaban J connectivity index is 1.71. The Morgan fingerprint density at radius 3 is 1.67 bits per heavy atom. The monoisotopic (exact) mass is 410 g/mol. The topological polar surface area (TPSA) is 31.0 Å². The summed E-state index contributed by atoms with van der Waals surface area (Å²) >= 11 is 0. The molecule has 1 aliphatic heterocycles. The minimum absolute atomic E-state index is 0.113. The van der Waals surface area contributed by atoms with Crippen molar-refractivity contribution in [1.29, 1.82) is 0 Å². The number of ether oxygens (including phenoxy) is 3. The molecule has 0 aliphatic carbocycles. The van der Waals surface area contributed by atoms with Crippen molar-refractivity contribution in [2.75, 3.05) is 6.61 Å². The summed E-state index contributed by atoms with van der Waals surface area (Å²) in [4.78, 5) is 0. The lowest BCUT2D eigenvalue weighted by atomic mass is 9.78. The van der Waals surface area contributed by atoms with Gasteiger partial charge in [0.15, 0.2) is 0 Å². The fraction of sp³-hybridized carbons (Fsp3) is 0.556. The highest BCUT2D eigenvalue weighted by Crippen LogP contribution is 2.36. The van der Waals surface area contributed by atoms with Crippen LogP contribution in [0.25, 0.3) is 0 Å². The summed E-state index contributed by atoms with van der Waals surface area (Å²) < 4.78 is 17.8. The molecule has 0 amide bonds.